The van der Waals surface area contributed by atoms with Gasteiger partial charge < -0.3 is 9.67 Å². The van der Waals surface area contributed by atoms with Crippen molar-refractivity contribution in [2.24, 2.45) is 7.05 Å². The molecule has 0 amide bonds. The molecule has 0 aliphatic carbocycles. The zero-order valence-electron chi connectivity index (χ0n) is 10.4. The number of Topliss-reactive ketones (excluding diaryl/α,β-unsaturated/α-hetero) is 1. The molecule has 90 valence electrons. The Morgan fingerprint density at radius 2 is 2.19 bits per heavy atom. The van der Waals surface area contributed by atoms with Crippen molar-refractivity contribution in [2.45, 2.75) is 19.4 Å². The molecule has 1 aromatic rings. The van der Waals surface area contributed by atoms with Gasteiger partial charge in [0.1, 0.15) is 0 Å². The highest BCUT2D eigenvalue weighted by Gasteiger charge is 2.24. The maximum absolute atomic E-state index is 11.9. The number of rotatable bonds is 5. The number of nitrogens with zero attached hydrogens (tertiary/aromatic N) is 2. The molecule has 1 heterocycles. The molecule has 1 rings (SSSR count). The van der Waals surface area contributed by atoms with Gasteiger partial charge in [0, 0.05) is 30.5 Å². The van der Waals surface area contributed by atoms with Crippen LogP contribution >= 0.6 is 0 Å². The predicted octanol–water partition coefficient (Wildman–Crippen LogP) is 0.911. The molecule has 0 fully saturated rings. The van der Waals surface area contributed by atoms with Crippen LogP contribution in [0.1, 0.15) is 24.2 Å². The number of ketones is 1. The number of carbonyl (C=O) groups excluding carboxylic acids is 1. The number of aliphatic hydroxyl groups excluding tert-OH is 1. The van der Waals surface area contributed by atoms with E-state index in [0.717, 1.165) is 0 Å². The quantitative estimate of drug-likeness (QED) is 0.756. The smallest absolute Gasteiger partial charge is 0.178 e. The van der Waals surface area contributed by atoms with Crippen molar-refractivity contribution in [1.29, 1.82) is 0 Å². The number of hydrogen-bond acceptors (Lipinski definition) is 3. The van der Waals surface area contributed by atoms with Gasteiger partial charge in [-0.2, -0.15) is 0 Å². The van der Waals surface area contributed by atoms with Gasteiger partial charge in [-0.1, -0.05) is 0 Å². The number of hydrogen-bond donors (Lipinski definition) is 1. The second-order valence-corrected chi connectivity index (χ2v) is 4.82. The molecule has 16 heavy (non-hydrogen) atoms. The van der Waals surface area contributed by atoms with Crippen LogP contribution in [0.25, 0.3) is 0 Å². The second-order valence-electron chi connectivity index (χ2n) is 4.82. The summed E-state index contributed by atoms with van der Waals surface area (Å²) in [5, 5.41) is 9.19. The van der Waals surface area contributed by atoms with Gasteiger partial charge in [-0.3, -0.25) is 9.69 Å². The molecule has 0 radical (unpaired) electrons. The number of aromatic nitrogens is 1. The summed E-state index contributed by atoms with van der Waals surface area (Å²) in [6.07, 6.45) is 3.66. The number of aryl methyl sites for hydroxylation is 1. The maximum Gasteiger partial charge on any atom is 0.178 e. The van der Waals surface area contributed by atoms with E-state index in [4.69, 9.17) is 0 Å². The number of carbonyl (C=O) groups is 1. The van der Waals surface area contributed by atoms with Crippen LogP contribution in [-0.4, -0.2) is 46.1 Å². The Kier molecular flexibility index (Phi) is 3.88. The van der Waals surface area contributed by atoms with Gasteiger partial charge >= 0.3 is 0 Å². The van der Waals surface area contributed by atoms with Crippen LogP contribution in [-0.2, 0) is 7.05 Å². The van der Waals surface area contributed by atoms with Crippen molar-refractivity contribution >= 4 is 5.78 Å². The van der Waals surface area contributed by atoms with Crippen LogP contribution in [0.15, 0.2) is 18.5 Å². The van der Waals surface area contributed by atoms with Gasteiger partial charge in [0.15, 0.2) is 5.78 Å². The van der Waals surface area contributed by atoms with E-state index < -0.39 is 0 Å². The molecule has 0 saturated carbocycles. The molecular weight excluding hydrogens is 204 g/mol. The predicted molar refractivity (Wildman–Crippen MR) is 63.5 cm³/mol. The minimum Gasteiger partial charge on any atom is -0.394 e. The summed E-state index contributed by atoms with van der Waals surface area (Å²) in [5.74, 6) is 0.0737. The summed E-state index contributed by atoms with van der Waals surface area (Å²) in [6, 6.07) is 1.81. The molecule has 0 spiro atoms. The zero-order valence-corrected chi connectivity index (χ0v) is 10.4. The van der Waals surface area contributed by atoms with E-state index in [-0.39, 0.29) is 17.9 Å². The first-order chi connectivity index (χ1) is 7.36. The van der Waals surface area contributed by atoms with Gasteiger partial charge in [-0.25, -0.2) is 0 Å². The summed E-state index contributed by atoms with van der Waals surface area (Å²) in [7, 11) is 3.73. The Morgan fingerprint density at radius 1 is 1.56 bits per heavy atom. The fourth-order valence-corrected chi connectivity index (χ4v) is 1.31. The van der Waals surface area contributed by atoms with Crippen molar-refractivity contribution in [3.8, 4) is 0 Å². The van der Waals surface area contributed by atoms with Crippen LogP contribution in [0.3, 0.4) is 0 Å². The highest BCUT2D eigenvalue weighted by atomic mass is 16.3. The summed E-state index contributed by atoms with van der Waals surface area (Å²) >= 11 is 0. The average molecular weight is 224 g/mol. The average Bonchev–Trinajstić information content (AvgIpc) is 2.64. The van der Waals surface area contributed by atoms with Gasteiger partial charge in [0.05, 0.1) is 13.2 Å². The van der Waals surface area contributed by atoms with Crippen molar-refractivity contribution in [2.75, 3.05) is 20.2 Å². The van der Waals surface area contributed by atoms with Crippen LogP contribution in [0.2, 0.25) is 0 Å². The Bertz CT molecular complexity index is 369. The van der Waals surface area contributed by atoms with Crippen LogP contribution in [0.4, 0.5) is 0 Å². The fraction of sp³-hybridized carbons (Fsp3) is 0.583. The molecule has 4 nitrogen and oxygen atoms in total. The standard InChI is InChI=1S/C12H20N2O2/c1-12(2,9-15)14(4)8-11(16)10-5-6-13(3)7-10/h5-7,15H,8-9H2,1-4H3. The number of likely N-dealkylation sites (N-methyl/N-ethyl adjacent to an activating group) is 1. The SMILES string of the molecule is CN(CC(=O)c1ccn(C)c1)C(C)(C)CO. The lowest BCUT2D eigenvalue weighted by Crippen LogP contribution is -2.46. The molecule has 0 saturated heterocycles. The van der Waals surface area contributed by atoms with Crippen LogP contribution in [0.5, 0.6) is 0 Å². The number of aliphatic hydroxyl groups is 1. The van der Waals surface area contributed by atoms with Gasteiger partial charge in [0.25, 0.3) is 0 Å². The fourth-order valence-electron chi connectivity index (χ4n) is 1.31. The Labute approximate surface area is 96.5 Å². The molecule has 1 aromatic heterocycles. The third-order valence-electron chi connectivity index (χ3n) is 2.96. The minimum absolute atomic E-state index is 0.0333. The lowest BCUT2D eigenvalue weighted by molar-refractivity contribution is 0.0659. The molecule has 0 unspecified atom stereocenters. The summed E-state index contributed by atoms with van der Waals surface area (Å²) in [5.41, 5.74) is 0.341. The second kappa shape index (κ2) is 4.80. The molecule has 4 heteroatoms. The molecule has 0 aliphatic heterocycles. The van der Waals surface area contributed by atoms with Crippen molar-refractivity contribution < 1.29 is 9.90 Å². The minimum atomic E-state index is -0.371. The van der Waals surface area contributed by atoms with E-state index in [1.165, 1.54) is 0 Å². The zero-order chi connectivity index (χ0) is 12.3. The lowest BCUT2D eigenvalue weighted by atomic mass is 10.0. The van der Waals surface area contributed by atoms with Crippen molar-refractivity contribution in [1.82, 2.24) is 9.47 Å². The lowest BCUT2D eigenvalue weighted by Gasteiger charge is -2.33. The van der Waals surface area contributed by atoms with Crippen LogP contribution in [0, 0.1) is 0 Å². The van der Waals surface area contributed by atoms with Gasteiger partial charge in [0.2, 0.25) is 0 Å². The summed E-state index contributed by atoms with van der Waals surface area (Å²) < 4.78 is 1.85. The third kappa shape index (κ3) is 2.93. The third-order valence-corrected chi connectivity index (χ3v) is 2.96. The molecule has 0 bridgehead atoms. The van der Waals surface area contributed by atoms with E-state index in [9.17, 15) is 9.90 Å². The Morgan fingerprint density at radius 3 is 2.62 bits per heavy atom. The molecule has 0 atom stereocenters. The topological polar surface area (TPSA) is 45.5 Å². The van der Waals surface area contributed by atoms with Crippen molar-refractivity contribution in [3.63, 3.8) is 0 Å². The first-order valence-corrected chi connectivity index (χ1v) is 5.34. The Hall–Kier alpha value is -1.13. The van der Waals surface area contributed by atoms with E-state index >= 15 is 0 Å². The van der Waals surface area contributed by atoms with Gasteiger partial charge in [-0.05, 0) is 27.0 Å². The van der Waals surface area contributed by atoms with E-state index in [1.807, 2.05) is 55.9 Å². The highest BCUT2D eigenvalue weighted by Crippen LogP contribution is 2.12. The van der Waals surface area contributed by atoms with Gasteiger partial charge in [-0.15, -0.1) is 0 Å². The first kappa shape index (κ1) is 12.9. The highest BCUT2D eigenvalue weighted by molar-refractivity contribution is 5.97. The maximum atomic E-state index is 11.9. The van der Waals surface area contributed by atoms with E-state index in [2.05, 4.69) is 0 Å². The normalized spacial score (nSPS) is 12.1. The summed E-state index contributed by atoms with van der Waals surface area (Å²) in [4.78, 5) is 13.8. The molecule has 1 N–H and O–H groups in total. The molecule has 0 aromatic carbocycles. The van der Waals surface area contributed by atoms with Crippen molar-refractivity contribution in [3.05, 3.63) is 24.0 Å². The summed E-state index contributed by atoms with van der Waals surface area (Å²) in [6.45, 7) is 4.17. The molecular formula is C12H20N2O2. The Balaban J connectivity index is 2.65. The van der Waals surface area contributed by atoms with Crippen LogP contribution < -0.4 is 0 Å². The molecule has 0 aliphatic rings. The first-order valence-electron chi connectivity index (χ1n) is 5.34. The monoisotopic (exact) mass is 224 g/mol. The van der Waals surface area contributed by atoms with E-state index in [1.54, 1.807) is 0 Å². The largest absolute Gasteiger partial charge is 0.394 e. The van der Waals surface area contributed by atoms with E-state index in [0.29, 0.717) is 12.1 Å².